The first-order chi connectivity index (χ1) is 18.2. The summed E-state index contributed by atoms with van der Waals surface area (Å²) in [6.07, 6.45) is 8.71. The molecule has 0 aliphatic carbocycles. The molecule has 0 aromatic heterocycles. The number of hydrogen-bond donors (Lipinski definition) is 3. The van der Waals surface area contributed by atoms with Crippen LogP contribution in [0.15, 0.2) is 72.8 Å². The van der Waals surface area contributed by atoms with E-state index in [-0.39, 0.29) is 18.5 Å². The van der Waals surface area contributed by atoms with Gasteiger partial charge in [0.2, 0.25) is 0 Å². The van der Waals surface area contributed by atoms with Crippen LogP contribution in [0, 0.1) is 0 Å². The fourth-order valence-electron chi connectivity index (χ4n) is 5.15. The lowest BCUT2D eigenvalue weighted by Crippen LogP contribution is -2.23. The Morgan fingerprint density at radius 2 is 1.65 bits per heavy atom. The van der Waals surface area contributed by atoms with E-state index in [4.69, 9.17) is 4.74 Å². The first-order valence-electron chi connectivity index (χ1n) is 13.9. The fourth-order valence-corrected chi connectivity index (χ4v) is 5.15. The van der Waals surface area contributed by atoms with Crippen LogP contribution in [0.1, 0.15) is 74.1 Å². The van der Waals surface area contributed by atoms with Crippen molar-refractivity contribution in [2.24, 2.45) is 0 Å². The summed E-state index contributed by atoms with van der Waals surface area (Å²) in [5, 5.41) is 23.2. The summed E-state index contributed by atoms with van der Waals surface area (Å²) in [4.78, 5) is 0. The molecule has 3 aromatic carbocycles. The molecular formula is C33H41NO3. The van der Waals surface area contributed by atoms with Gasteiger partial charge < -0.3 is 20.3 Å². The Morgan fingerprint density at radius 3 is 2.41 bits per heavy atom. The van der Waals surface area contributed by atoms with Crippen LogP contribution in [0.5, 0.6) is 11.5 Å². The number of benzene rings is 3. The molecule has 0 bridgehead atoms. The first kappa shape index (κ1) is 27.0. The molecule has 1 atom stereocenters. The van der Waals surface area contributed by atoms with E-state index >= 15 is 0 Å². The van der Waals surface area contributed by atoms with Gasteiger partial charge in [-0.25, -0.2) is 0 Å². The summed E-state index contributed by atoms with van der Waals surface area (Å²) >= 11 is 0. The van der Waals surface area contributed by atoms with E-state index < -0.39 is 0 Å². The summed E-state index contributed by atoms with van der Waals surface area (Å²) in [7, 11) is 0. The molecule has 3 aromatic rings. The number of unbranched alkanes of at least 4 members (excludes halogenated alkanes) is 3. The van der Waals surface area contributed by atoms with Gasteiger partial charge in [0.25, 0.3) is 0 Å². The van der Waals surface area contributed by atoms with Gasteiger partial charge in [-0.15, -0.1) is 0 Å². The van der Waals surface area contributed by atoms with Crippen molar-refractivity contribution in [3.8, 4) is 11.5 Å². The first-order valence-corrected chi connectivity index (χ1v) is 13.9. The predicted molar refractivity (Wildman–Crippen MR) is 153 cm³/mol. The molecule has 0 fully saturated rings. The van der Waals surface area contributed by atoms with Crippen molar-refractivity contribution in [2.45, 2.75) is 64.4 Å². The van der Waals surface area contributed by atoms with E-state index in [1.807, 2.05) is 18.2 Å². The normalized spacial score (nSPS) is 15.2. The van der Waals surface area contributed by atoms with Crippen molar-refractivity contribution >= 4 is 11.1 Å². The van der Waals surface area contributed by atoms with Crippen LogP contribution >= 0.6 is 0 Å². The molecule has 0 spiro atoms. The van der Waals surface area contributed by atoms with Crippen LogP contribution in [0.3, 0.4) is 0 Å². The third-order valence-corrected chi connectivity index (χ3v) is 7.11. The zero-order valence-electron chi connectivity index (χ0n) is 22.1. The van der Waals surface area contributed by atoms with E-state index in [1.165, 1.54) is 36.8 Å². The van der Waals surface area contributed by atoms with Crippen molar-refractivity contribution in [3.63, 3.8) is 0 Å². The lowest BCUT2D eigenvalue weighted by molar-refractivity contribution is 0.220. The number of phenols is 1. The average Bonchev–Trinajstić information content (AvgIpc) is 3.34. The number of hydrogen-bond acceptors (Lipinski definition) is 4. The zero-order chi connectivity index (χ0) is 25.9. The molecule has 37 heavy (non-hydrogen) atoms. The molecule has 0 amide bonds. The van der Waals surface area contributed by atoms with Crippen LogP contribution in [0.4, 0.5) is 0 Å². The number of phenolic OH excluding ortho intramolecular Hbond substituents is 1. The smallest absolute Gasteiger partial charge is 0.123 e. The Labute approximate surface area is 222 Å². The van der Waals surface area contributed by atoms with Crippen LogP contribution in [0.2, 0.25) is 0 Å². The lowest BCUT2D eigenvalue weighted by Gasteiger charge is -2.18. The molecule has 1 heterocycles. The SMILES string of the molecule is CCCCCCNCC[C@H]1Cc2cc(/C(=C(/CCCO)c3ccccc3)c3ccc(O)cc3)ccc2O1. The predicted octanol–water partition coefficient (Wildman–Crippen LogP) is 6.99. The van der Waals surface area contributed by atoms with Crippen molar-refractivity contribution in [3.05, 3.63) is 95.1 Å². The summed E-state index contributed by atoms with van der Waals surface area (Å²) in [6, 6.07) is 24.4. The maximum Gasteiger partial charge on any atom is 0.123 e. The number of nitrogens with one attached hydrogen (secondary N) is 1. The number of aliphatic hydroxyl groups excluding tert-OH is 1. The largest absolute Gasteiger partial charge is 0.508 e. The van der Waals surface area contributed by atoms with Crippen LogP contribution in [-0.4, -0.2) is 36.0 Å². The van der Waals surface area contributed by atoms with Gasteiger partial charge in [0.05, 0.1) is 0 Å². The second kappa shape index (κ2) is 14.0. The van der Waals surface area contributed by atoms with Gasteiger partial charge in [-0.1, -0.05) is 74.7 Å². The highest BCUT2D eigenvalue weighted by atomic mass is 16.5. The highest BCUT2D eigenvalue weighted by Gasteiger charge is 2.24. The topological polar surface area (TPSA) is 61.7 Å². The van der Waals surface area contributed by atoms with Crippen molar-refractivity contribution in [1.82, 2.24) is 5.32 Å². The van der Waals surface area contributed by atoms with E-state index in [9.17, 15) is 10.2 Å². The summed E-state index contributed by atoms with van der Waals surface area (Å²) in [5.41, 5.74) is 6.93. The minimum Gasteiger partial charge on any atom is -0.508 e. The number of aromatic hydroxyl groups is 1. The molecule has 1 aliphatic heterocycles. The molecule has 4 rings (SSSR count). The van der Waals surface area contributed by atoms with Crippen molar-refractivity contribution in [2.75, 3.05) is 19.7 Å². The number of rotatable bonds is 14. The second-order valence-corrected chi connectivity index (χ2v) is 9.96. The minimum absolute atomic E-state index is 0.144. The van der Waals surface area contributed by atoms with Gasteiger partial charge in [0.1, 0.15) is 17.6 Å². The minimum atomic E-state index is 0.144. The maximum absolute atomic E-state index is 9.93. The second-order valence-electron chi connectivity index (χ2n) is 9.96. The quantitative estimate of drug-likeness (QED) is 0.165. The summed E-state index contributed by atoms with van der Waals surface area (Å²) in [6.45, 7) is 4.46. The van der Waals surface area contributed by atoms with Crippen molar-refractivity contribution in [1.29, 1.82) is 0 Å². The van der Waals surface area contributed by atoms with Gasteiger partial charge in [0.15, 0.2) is 0 Å². The maximum atomic E-state index is 9.93. The number of fused-ring (bicyclic) bond motifs is 1. The van der Waals surface area contributed by atoms with Gasteiger partial charge in [-0.3, -0.25) is 0 Å². The third kappa shape index (κ3) is 7.47. The fraction of sp³-hybridized carbons (Fsp3) is 0.394. The Hall–Kier alpha value is -3.08. The average molecular weight is 500 g/mol. The molecule has 4 heteroatoms. The molecular weight excluding hydrogens is 458 g/mol. The third-order valence-electron chi connectivity index (χ3n) is 7.11. The lowest BCUT2D eigenvalue weighted by atomic mass is 9.86. The highest BCUT2D eigenvalue weighted by Crippen LogP contribution is 2.39. The van der Waals surface area contributed by atoms with Gasteiger partial charge in [-0.2, -0.15) is 0 Å². The summed E-state index contributed by atoms with van der Waals surface area (Å²) < 4.78 is 6.30. The Morgan fingerprint density at radius 1 is 0.865 bits per heavy atom. The van der Waals surface area contributed by atoms with Crippen LogP contribution < -0.4 is 10.1 Å². The molecule has 4 nitrogen and oxygen atoms in total. The van der Waals surface area contributed by atoms with E-state index in [0.717, 1.165) is 60.4 Å². The molecule has 0 saturated heterocycles. The molecule has 0 radical (unpaired) electrons. The molecule has 3 N–H and O–H groups in total. The Kier molecular flexibility index (Phi) is 10.2. The van der Waals surface area contributed by atoms with E-state index in [1.54, 1.807) is 12.1 Å². The standard InChI is InChI=1S/C33H41NO3/c1-2-3-4-8-20-34-21-19-30-24-28-23-27(15-18-32(28)37-30)33(26-13-16-29(36)17-14-26)31(12-9-22-35)25-10-6-5-7-11-25/h5-7,10-11,13-18,23,30,34-36H,2-4,8-9,12,19-22,24H2,1H3/b33-31-/t30-/m0/s1. The monoisotopic (exact) mass is 499 g/mol. The molecule has 0 unspecified atom stereocenters. The van der Waals surface area contributed by atoms with Crippen molar-refractivity contribution < 1.29 is 14.9 Å². The van der Waals surface area contributed by atoms with Gasteiger partial charge >= 0.3 is 0 Å². The number of aliphatic hydroxyl groups is 1. The molecule has 1 aliphatic rings. The molecule has 0 saturated carbocycles. The number of ether oxygens (including phenoxy) is 1. The van der Waals surface area contributed by atoms with Crippen LogP contribution in [-0.2, 0) is 6.42 Å². The van der Waals surface area contributed by atoms with Gasteiger partial charge in [0, 0.05) is 13.0 Å². The summed E-state index contributed by atoms with van der Waals surface area (Å²) in [5.74, 6) is 1.24. The van der Waals surface area contributed by atoms with Gasteiger partial charge in [-0.05, 0) is 96.4 Å². The Bertz CT molecular complexity index is 1140. The molecule has 196 valence electrons. The number of allylic oxidation sites excluding steroid dienone is 1. The zero-order valence-corrected chi connectivity index (χ0v) is 22.1. The van der Waals surface area contributed by atoms with Crippen LogP contribution in [0.25, 0.3) is 11.1 Å². The Balaban J connectivity index is 1.58. The highest BCUT2D eigenvalue weighted by molar-refractivity contribution is 5.98. The van der Waals surface area contributed by atoms with E-state index in [2.05, 4.69) is 54.7 Å². The van der Waals surface area contributed by atoms with E-state index in [0.29, 0.717) is 6.42 Å².